The second kappa shape index (κ2) is 10.0. The van der Waals surface area contributed by atoms with Crippen LogP contribution in [0.4, 0.5) is 5.69 Å². The first-order valence-electron chi connectivity index (χ1n) is 11.4. The number of ketones is 1. The van der Waals surface area contributed by atoms with Crippen molar-refractivity contribution in [3.63, 3.8) is 0 Å². The number of aromatic nitrogens is 1. The summed E-state index contributed by atoms with van der Waals surface area (Å²) < 4.78 is 11.1. The summed E-state index contributed by atoms with van der Waals surface area (Å²) in [5.41, 5.74) is 2.32. The number of hydrogen-bond acceptors (Lipinski definition) is 6. The number of anilines is 1. The molecule has 1 unspecified atom stereocenters. The van der Waals surface area contributed by atoms with Gasteiger partial charge in [-0.25, -0.2) is 0 Å². The monoisotopic (exact) mass is 472 g/mol. The molecule has 1 fully saturated rings. The third kappa shape index (κ3) is 4.75. The number of hydrogen-bond donors (Lipinski definition) is 1. The fraction of sp³-hybridized carbons (Fsp3) is 0.250. The summed E-state index contributed by atoms with van der Waals surface area (Å²) >= 11 is 0. The van der Waals surface area contributed by atoms with E-state index in [-0.39, 0.29) is 11.3 Å². The Balaban J connectivity index is 1.84. The highest BCUT2D eigenvalue weighted by Crippen LogP contribution is 2.42. The van der Waals surface area contributed by atoms with Crippen LogP contribution in [0.2, 0.25) is 0 Å². The summed E-state index contributed by atoms with van der Waals surface area (Å²) in [6.07, 6.45) is 3.20. The molecule has 1 aromatic heterocycles. The Morgan fingerprint density at radius 3 is 2.57 bits per heavy atom. The number of pyridine rings is 1. The number of rotatable bonds is 7. The smallest absolute Gasteiger partial charge is 0.300 e. The van der Waals surface area contributed by atoms with E-state index in [4.69, 9.17) is 9.47 Å². The number of carbonyl (C=O) groups is 2. The van der Waals surface area contributed by atoms with E-state index >= 15 is 0 Å². The Labute approximate surface area is 204 Å². The molecular formula is C28H28N2O5. The zero-order valence-corrected chi connectivity index (χ0v) is 20.2. The molecule has 4 rings (SSSR count). The molecule has 0 radical (unpaired) electrons. The third-order valence-corrected chi connectivity index (χ3v) is 5.80. The number of methoxy groups -OCH3 is 1. The largest absolute Gasteiger partial charge is 0.507 e. The second-order valence-electron chi connectivity index (χ2n) is 8.84. The zero-order valence-electron chi connectivity index (χ0n) is 20.2. The molecule has 1 aliphatic heterocycles. The van der Waals surface area contributed by atoms with Crippen molar-refractivity contribution in [1.82, 2.24) is 4.98 Å². The van der Waals surface area contributed by atoms with Crippen LogP contribution in [0.15, 0.2) is 72.6 Å². The molecule has 3 aromatic rings. The van der Waals surface area contributed by atoms with Crippen LogP contribution in [-0.4, -0.2) is 35.5 Å². The van der Waals surface area contributed by atoms with Crippen molar-refractivity contribution in [2.75, 3.05) is 18.6 Å². The van der Waals surface area contributed by atoms with E-state index in [1.54, 1.807) is 67.0 Å². The van der Waals surface area contributed by atoms with E-state index in [9.17, 15) is 14.7 Å². The molecule has 7 nitrogen and oxygen atoms in total. The van der Waals surface area contributed by atoms with Gasteiger partial charge in [0.2, 0.25) is 0 Å². The van der Waals surface area contributed by atoms with Crippen LogP contribution >= 0.6 is 0 Å². The number of aryl methyl sites for hydroxylation is 1. The maximum Gasteiger partial charge on any atom is 0.300 e. The number of aliphatic hydroxyl groups excluding tert-OH is 1. The first-order chi connectivity index (χ1) is 16.8. The van der Waals surface area contributed by atoms with E-state index < -0.39 is 17.7 Å². The van der Waals surface area contributed by atoms with Gasteiger partial charge < -0.3 is 14.6 Å². The minimum Gasteiger partial charge on any atom is -0.507 e. The van der Waals surface area contributed by atoms with Crippen LogP contribution in [0, 0.1) is 12.8 Å². The minimum absolute atomic E-state index is 0.000990. The molecule has 1 saturated heterocycles. The molecular weight excluding hydrogens is 444 g/mol. The Hall–Kier alpha value is -4.13. The number of carbonyl (C=O) groups excluding carboxylic acids is 2. The lowest BCUT2D eigenvalue weighted by atomic mass is 9.95. The zero-order chi connectivity index (χ0) is 25.1. The molecule has 35 heavy (non-hydrogen) atoms. The highest BCUT2D eigenvalue weighted by molar-refractivity contribution is 6.51. The summed E-state index contributed by atoms with van der Waals surface area (Å²) in [4.78, 5) is 32.1. The van der Waals surface area contributed by atoms with Crippen molar-refractivity contribution in [2.24, 2.45) is 5.92 Å². The van der Waals surface area contributed by atoms with Crippen LogP contribution < -0.4 is 14.4 Å². The van der Waals surface area contributed by atoms with Gasteiger partial charge in [-0.2, -0.15) is 0 Å². The van der Waals surface area contributed by atoms with Gasteiger partial charge in [0.25, 0.3) is 11.7 Å². The van der Waals surface area contributed by atoms with Crippen LogP contribution in [0.3, 0.4) is 0 Å². The predicted molar refractivity (Wildman–Crippen MR) is 134 cm³/mol. The minimum atomic E-state index is -0.854. The summed E-state index contributed by atoms with van der Waals surface area (Å²) in [5, 5.41) is 11.3. The van der Waals surface area contributed by atoms with E-state index in [1.807, 2.05) is 6.92 Å². The Bertz CT molecular complexity index is 1280. The molecule has 1 aliphatic rings. The van der Waals surface area contributed by atoms with Gasteiger partial charge in [0.15, 0.2) is 0 Å². The van der Waals surface area contributed by atoms with E-state index in [0.717, 1.165) is 5.56 Å². The fourth-order valence-electron chi connectivity index (χ4n) is 4.08. The van der Waals surface area contributed by atoms with Crippen LogP contribution in [0.25, 0.3) is 5.76 Å². The van der Waals surface area contributed by atoms with Gasteiger partial charge in [-0.05, 0) is 60.4 Å². The summed E-state index contributed by atoms with van der Waals surface area (Å²) in [7, 11) is 1.53. The van der Waals surface area contributed by atoms with Crippen LogP contribution in [0.1, 0.15) is 36.6 Å². The van der Waals surface area contributed by atoms with Gasteiger partial charge in [-0.15, -0.1) is 0 Å². The molecule has 1 atom stereocenters. The number of Topliss-reactive ketones (excluding diaryl/α,β-unsaturated/α-hetero) is 1. The van der Waals surface area contributed by atoms with Gasteiger partial charge in [0.05, 0.1) is 25.3 Å². The molecule has 1 amide bonds. The molecule has 0 aliphatic carbocycles. The molecule has 2 heterocycles. The topological polar surface area (TPSA) is 89.0 Å². The molecule has 180 valence electrons. The molecule has 1 N–H and O–H groups in total. The molecule has 2 aromatic carbocycles. The first-order valence-corrected chi connectivity index (χ1v) is 11.4. The standard InChI is InChI=1S/C28H28N2O5/c1-17(2)16-35-23-11-10-19(13-18(23)3)26(31)24-25(20-7-6-12-29-15-20)30(28(33)27(24)32)21-8-5-9-22(14-21)34-4/h5-15,17,25,31H,16H2,1-4H3/b26-24+. The number of amides is 1. The van der Waals surface area contributed by atoms with Crippen molar-refractivity contribution in [3.8, 4) is 11.5 Å². The average molecular weight is 473 g/mol. The van der Waals surface area contributed by atoms with Crippen molar-refractivity contribution < 1.29 is 24.2 Å². The van der Waals surface area contributed by atoms with Crippen molar-refractivity contribution in [3.05, 3.63) is 89.3 Å². The molecule has 0 spiro atoms. The molecule has 0 saturated carbocycles. The lowest BCUT2D eigenvalue weighted by molar-refractivity contribution is -0.132. The second-order valence-corrected chi connectivity index (χ2v) is 8.84. The SMILES string of the molecule is COc1cccc(N2C(=O)C(=O)/C(=C(/O)c3ccc(OCC(C)C)c(C)c3)C2c2cccnc2)c1. The average Bonchev–Trinajstić information content (AvgIpc) is 3.13. The molecule has 0 bridgehead atoms. The van der Waals surface area contributed by atoms with Crippen molar-refractivity contribution in [1.29, 1.82) is 0 Å². The van der Waals surface area contributed by atoms with E-state index in [0.29, 0.717) is 40.8 Å². The first kappa shape index (κ1) is 24.0. The van der Waals surface area contributed by atoms with Crippen molar-refractivity contribution >= 4 is 23.1 Å². The maximum absolute atomic E-state index is 13.3. The van der Waals surface area contributed by atoms with Crippen LogP contribution in [-0.2, 0) is 9.59 Å². The van der Waals surface area contributed by atoms with Gasteiger partial charge in [-0.1, -0.05) is 26.0 Å². The number of ether oxygens (including phenoxy) is 2. The van der Waals surface area contributed by atoms with E-state index in [2.05, 4.69) is 18.8 Å². The number of benzene rings is 2. The molecule has 7 heteroatoms. The maximum atomic E-state index is 13.3. The Morgan fingerprint density at radius 2 is 1.91 bits per heavy atom. The third-order valence-electron chi connectivity index (χ3n) is 5.80. The lowest BCUT2D eigenvalue weighted by Gasteiger charge is -2.25. The summed E-state index contributed by atoms with van der Waals surface area (Å²) in [5.74, 6) is -0.132. The summed E-state index contributed by atoms with van der Waals surface area (Å²) in [6.45, 7) is 6.57. The van der Waals surface area contributed by atoms with E-state index in [1.165, 1.54) is 12.0 Å². The van der Waals surface area contributed by atoms with Crippen molar-refractivity contribution in [2.45, 2.75) is 26.8 Å². The normalized spacial score (nSPS) is 17.2. The van der Waals surface area contributed by atoms with Gasteiger partial charge >= 0.3 is 0 Å². The van der Waals surface area contributed by atoms with Gasteiger partial charge in [-0.3, -0.25) is 19.5 Å². The summed E-state index contributed by atoms with van der Waals surface area (Å²) in [6, 6.07) is 14.8. The number of nitrogens with zero attached hydrogens (tertiary/aromatic N) is 2. The fourth-order valence-corrected chi connectivity index (χ4v) is 4.08. The highest BCUT2D eigenvalue weighted by atomic mass is 16.5. The van der Waals surface area contributed by atoms with Crippen LogP contribution in [0.5, 0.6) is 11.5 Å². The Kier molecular flexibility index (Phi) is 6.87. The number of aliphatic hydroxyl groups is 1. The van der Waals surface area contributed by atoms with Gasteiger partial charge in [0, 0.05) is 29.7 Å². The Morgan fingerprint density at radius 1 is 1.11 bits per heavy atom. The van der Waals surface area contributed by atoms with Gasteiger partial charge in [0.1, 0.15) is 17.3 Å². The highest BCUT2D eigenvalue weighted by Gasteiger charge is 2.47. The quantitative estimate of drug-likeness (QED) is 0.294. The lowest BCUT2D eigenvalue weighted by Crippen LogP contribution is -2.29. The predicted octanol–water partition coefficient (Wildman–Crippen LogP) is 5.06.